The maximum Gasteiger partial charge on any atom is 0.226 e. The summed E-state index contributed by atoms with van der Waals surface area (Å²) in [5.41, 5.74) is 7.43. The van der Waals surface area contributed by atoms with Gasteiger partial charge in [-0.2, -0.15) is 0 Å². The minimum Gasteiger partial charge on any atom is -0.349 e. The molecule has 1 heterocycles. The fourth-order valence-electron chi connectivity index (χ4n) is 2.71. The van der Waals surface area contributed by atoms with Gasteiger partial charge in [0.25, 0.3) is 0 Å². The smallest absolute Gasteiger partial charge is 0.226 e. The fraction of sp³-hybridized carbons (Fsp3) is 0.412. The molecule has 1 amide bonds. The number of aromatic nitrogens is 1. The third-order valence-corrected chi connectivity index (χ3v) is 5.73. The van der Waals surface area contributed by atoms with Crippen molar-refractivity contribution >= 4 is 33.2 Å². The highest BCUT2D eigenvalue weighted by molar-refractivity contribution is 9.10. The lowest BCUT2D eigenvalue weighted by atomic mass is 9.95. The maximum absolute atomic E-state index is 12.3. The Balaban J connectivity index is 1.66. The number of hydrogen-bond acceptors (Lipinski definition) is 4. The number of halogens is 1. The number of nitrogens with zero attached hydrogens (tertiary/aromatic N) is 1. The Bertz CT molecular complexity index is 713. The van der Waals surface area contributed by atoms with Gasteiger partial charge in [-0.25, -0.2) is 4.98 Å². The molecule has 1 fully saturated rings. The molecule has 0 radical (unpaired) electrons. The van der Waals surface area contributed by atoms with E-state index in [0.717, 1.165) is 33.6 Å². The van der Waals surface area contributed by atoms with E-state index >= 15 is 0 Å². The van der Waals surface area contributed by atoms with Crippen molar-refractivity contribution in [3.8, 4) is 10.6 Å². The molecule has 0 bridgehead atoms. The monoisotopic (exact) mass is 393 g/mol. The molecule has 2 aromatic rings. The molecule has 23 heavy (non-hydrogen) atoms. The van der Waals surface area contributed by atoms with Crippen molar-refractivity contribution in [3.05, 3.63) is 39.8 Å². The fourth-order valence-corrected chi connectivity index (χ4v) is 3.93. The highest BCUT2D eigenvalue weighted by atomic mass is 79.9. The molecule has 1 saturated carbocycles. The van der Waals surface area contributed by atoms with E-state index in [4.69, 9.17) is 5.73 Å². The first-order chi connectivity index (χ1) is 11.0. The van der Waals surface area contributed by atoms with Gasteiger partial charge in [-0.1, -0.05) is 28.1 Å². The summed E-state index contributed by atoms with van der Waals surface area (Å²) in [5.74, 6) is 0.514. The van der Waals surface area contributed by atoms with Gasteiger partial charge in [-0.05, 0) is 37.8 Å². The van der Waals surface area contributed by atoms with Crippen LogP contribution in [0.1, 0.15) is 25.5 Å². The summed E-state index contributed by atoms with van der Waals surface area (Å²) in [4.78, 5) is 16.9. The van der Waals surface area contributed by atoms with Crippen LogP contribution in [0, 0.1) is 5.92 Å². The van der Waals surface area contributed by atoms with Crippen molar-refractivity contribution in [2.45, 2.75) is 31.7 Å². The van der Waals surface area contributed by atoms with Crippen LogP contribution in [0.3, 0.4) is 0 Å². The number of thiazole rings is 1. The maximum atomic E-state index is 12.3. The second kappa shape index (κ2) is 6.71. The van der Waals surface area contributed by atoms with Gasteiger partial charge in [-0.3, -0.25) is 4.79 Å². The van der Waals surface area contributed by atoms with Crippen molar-refractivity contribution in [1.29, 1.82) is 0 Å². The first kappa shape index (κ1) is 16.6. The van der Waals surface area contributed by atoms with Crippen molar-refractivity contribution in [2.75, 3.05) is 6.54 Å². The van der Waals surface area contributed by atoms with Crippen LogP contribution in [0.15, 0.2) is 34.1 Å². The zero-order valence-corrected chi connectivity index (χ0v) is 15.4. The molecule has 3 rings (SSSR count). The summed E-state index contributed by atoms with van der Waals surface area (Å²) in [6, 6.07) is 8.01. The molecule has 0 spiro atoms. The number of hydrogen-bond donors (Lipinski definition) is 2. The van der Waals surface area contributed by atoms with E-state index in [1.165, 1.54) is 0 Å². The van der Waals surface area contributed by atoms with Crippen LogP contribution in [0.4, 0.5) is 0 Å². The predicted octanol–water partition coefficient (Wildman–Crippen LogP) is 3.36. The first-order valence-electron chi connectivity index (χ1n) is 7.71. The number of amides is 1. The van der Waals surface area contributed by atoms with Crippen molar-refractivity contribution in [2.24, 2.45) is 11.7 Å². The molecule has 1 aliphatic carbocycles. The van der Waals surface area contributed by atoms with Crippen molar-refractivity contribution in [3.63, 3.8) is 0 Å². The summed E-state index contributed by atoms with van der Waals surface area (Å²) in [6.45, 7) is 2.51. The summed E-state index contributed by atoms with van der Waals surface area (Å²) >= 11 is 5.03. The van der Waals surface area contributed by atoms with E-state index in [1.807, 2.05) is 36.6 Å². The van der Waals surface area contributed by atoms with Crippen LogP contribution in [-0.2, 0) is 11.2 Å². The summed E-state index contributed by atoms with van der Waals surface area (Å²) in [7, 11) is 0. The third kappa shape index (κ3) is 4.00. The quantitative estimate of drug-likeness (QED) is 0.790. The Hall–Kier alpha value is -1.24. The van der Waals surface area contributed by atoms with Crippen LogP contribution in [-0.4, -0.2) is 23.0 Å². The van der Waals surface area contributed by atoms with E-state index in [0.29, 0.717) is 18.9 Å². The Morgan fingerprint density at radius 3 is 2.96 bits per heavy atom. The van der Waals surface area contributed by atoms with Crippen LogP contribution in [0.25, 0.3) is 10.6 Å². The molecule has 1 aliphatic rings. The van der Waals surface area contributed by atoms with E-state index in [2.05, 4.69) is 26.2 Å². The highest BCUT2D eigenvalue weighted by Gasteiger charge is 2.41. The van der Waals surface area contributed by atoms with E-state index in [-0.39, 0.29) is 11.4 Å². The van der Waals surface area contributed by atoms with E-state index in [9.17, 15) is 4.79 Å². The number of rotatable bonds is 6. The molecule has 6 heteroatoms. The van der Waals surface area contributed by atoms with Gasteiger partial charge in [-0.15, -0.1) is 11.3 Å². The van der Waals surface area contributed by atoms with Crippen LogP contribution in [0.5, 0.6) is 0 Å². The van der Waals surface area contributed by atoms with Gasteiger partial charge in [0, 0.05) is 22.0 Å². The largest absolute Gasteiger partial charge is 0.349 e. The number of nitrogens with two attached hydrogens (primary N) is 1. The van der Waals surface area contributed by atoms with Crippen LogP contribution < -0.4 is 11.1 Å². The number of carbonyl (C=O) groups is 1. The molecule has 4 nitrogen and oxygen atoms in total. The molecular formula is C17H20BrN3OS. The average molecular weight is 394 g/mol. The SMILES string of the molecule is CC(CN)(NC(=O)Cc1csc(-c2cccc(Br)c2)n1)C1CC1. The van der Waals surface area contributed by atoms with E-state index in [1.54, 1.807) is 11.3 Å². The zero-order valence-electron chi connectivity index (χ0n) is 13.0. The Morgan fingerprint density at radius 2 is 2.30 bits per heavy atom. The summed E-state index contributed by atoms with van der Waals surface area (Å²) in [5, 5.41) is 5.98. The van der Waals surface area contributed by atoms with E-state index < -0.39 is 0 Å². The third-order valence-electron chi connectivity index (χ3n) is 4.29. The number of carbonyl (C=O) groups excluding carboxylic acids is 1. The summed E-state index contributed by atoms with van der Waals surface area (Å²) in [6.07, 6.45) is 2.60. The minimum absolute atomic E-state index is 0.00376. The number of benzene rings is 1. The van der Waals surface area contributed by atoms with Gasteiger partial charge in [0.2, 0.25) is 5.91 Å². The van der Waals surface area contributed by atoms with Gasteiger partial charge in [0.15, 0.2) is 0 Å². The predicted molar refractivity (Wildman–Crippen MR) is 97.3 cm³/mol. The van der Waals surface area contributed by atoms with Gasteiger partial charge in [0.05, 0.1) is 17.7 Å². The zero-order chi connectivity index (χ0) is 16.4. The molecule has 1 aromatic carbocycles. The van der Waals surface area contributed by atoms with Crippen molar-refractivity contribution < 1.29 is 4.79 Å². The molecule has 1 atom stereocenters. The Morgan fingerprint density at radius 1 is 1.52 bits per heavy atom. The Labute approximate surface area is 148 Å². The summed E-state index contributed by atoms with van der Waals surface area (Å²) < 4.78 is 1.02. The topological polar surface area (TPSA) is 68.0 Å². The molecule has 122 valence electrons. The lowest BCUT2D eigenvalue weighted by Gasteiger charge is -2.29. The normalized spacial score (nSPS) is 16.8. The van der Waals surface area contributed by atoms with Crippen molar-refractivity contribution in [1.82, 2.24) is 10.3 Å². The molecule has 1 unspecified atom stereocenters. The highest BCUT2D eigenvalue weighted by Crippen LogP contribution is 2.39. The molecule has 3 N–H and O–H groups in total. The van der Waals surface area contributed by atoms with Crippen LogP contribution >= 0.6 is 27.3 Å². The lowest BCUT2D eigenvalue weighted by molar-refractivity contribution is -0.122. The van der Waals surface area contributed by atoms with Gasteiger partial charge in [0.1, 0.15) is 5.01 Å². The molecule has 0 saturated heterocycles. The number of nitrogens with one attached hydrogen (secondary N) is 1. The Kier molecular flexibility index (Phi) is 4.85. The average Bonchev–Trinajstić information content (AvgIpc) is 3.28. The lowest BCUT2D eigenvalue weighted by Crippen LogP contribution is -2.53. The second-order valence-electron chi connectivity index (χ2n) is 6.28. The van der Waals surface area contributed by atoms with Gasteiger partial charge >= 0.3 is 0 Å². The standard InChI is InChI=1S/C17H20BrN3OS/c1-17(10-19,12-5-6-12)21-15(22)8-14-9-23-16(20-14)11-3-2-4-13(18)7-11/h2-4,7,9,12H,5-6,8,10,19H2,1H3,(H,21,22). The molecular weight excluding hydrogens is 374 g/mol. The molecule has 1 aromatic heterocycles. The first-order valence-corrected chi connectivity index (χ1v) is 9.39. The van der Waals surface area contributed by atoms with Crippen LogP contribution in [0.2, 0.25) is 0 Å². The molecule has 0 aliphatic heterocycles. The van der Waals surface area contributed by atoms with Gasteiger partial charge < -0.3 is 11.1 Å². The minimum atomic E-state index is -0.278. The second-order valence-corrected chi connectivity index (χ2v) is 8.05.